The summed E-state index contributed by atoms with van der Waals surface area (Å²) in [5.41, 5.74) is -1.29. The second-order valence-electron chi connectivity index (χ2n) is 6.24. The number of ether oxygens (including phenoxy) is 1. The minimum absolute atomic E-state index is 0.0245. The number of halogens is 2. The molecule has 0 aromatic heterocycles. The zero-order valence-electron chi connectivity index (χ0n) is 13.7. The molecule has 1 N–H and O–H groups in total. The third-order valence-electron chi connectivity index (χ3n) is 3.17. The van der Waals surface area contributed by atoms with Gasteiger partial charge in [0, 0.05) is 12.3 Å². The van der Waals surface area contributed by atoms with Crippen molar-refractivity contribution < 1.29 is 19.1 Å². The number of β-lactam (4-membered cyclic amide) rings is 1. The van der Waals surface area contributed by atoms with Crippen molar-refractivity contribution in [1.29, 1.82) is 0 Å². The number of esters is 1. The zero-order valence-corrected chi connectivity index (χ0v) is 15.2. The highest BCUT2D eigenvalue weighted by molar-refractivity contribution is 6.27. The molecule has 8 heteroatoms. The first-order valence-corrected chi connectivity index (χ1v) is 8.22. The Morgan fingerprint density at radius 3 is 2.39 bits per heavy atom. The molecule has 0 saturated carbocycles. The van der Waals surface area contributed by atoms with Gasteiger partial charge < -0.3 is 15.0 Å². The van der Waals surface area contributed by atoms with Gasteiger partial charge in [0.2, 0.25) is 5.91 Å². The number of hydrogen-bond donors (Lipinski definition) is 1. The second-order valence-corrected chi connectivity index (χ2v) is 6.96. The van der Waals surface area contributed by atoms with Crippen LogP contribution in [0.4, 0.5) is 0 Å². The molecular formula is C15H22Cl2N2O4. The molecule has 3 unspecified atom stereocenters. The largest absolute Gasteiger partial charge is 0.458 e. The predicted molar refractivity (Wildman–Crippen MR) is 88.2 cm³/mol. The topological polar surface area (TPSA) is 75.7 Å². The monoisotopic (exact) mass is 364 g/mol. The molecule has 0 spiro atoms. The standard InChI is InChI=1S/C15H22Cl2N2O4/c1-6-9(20)18-10-12(17)19(13(10)21)11(8(2)7-16)14(22)23-15(3,4)5/h10-12H,2,6-7H2,1,3-5H3,(H,18,20). The summed E-state index contributed by atoms with van der Waals surface area (Å²) in [6.45, 7) is 10.5. The van der Waals surface area contributed by atoms with Gasteiger partial charge in [-0.25, -0.2) is 4.79 Å². The molecule has 23 heavy (non-hydrogen) atoms. The Kier molecular flexibility index (Phi) is 6.48. The van der Waals surface area contributed by atoms with E-state index in [4.69, 9.17) is 27.9 Å². The van der Waals surface area contributed by atoms with Crippen LogP contribution in [0, 0.1) is 0 Å². The molecule has 1 aliphatic rings. The van der Waals surface area contributed by atoms with Crippen molar-refractivity contribution in [3.05, 3.63) is 12.2 Å². The highest BCUT2D eigenvalue weighted by atomic mass is 35.5. The number of carbonyl (C=O) groups is 3. The highest BCUT2D eigenvalue weighted by Crippen LogP contribution is 2.31. The number of amides is 2. The molecular weight excluding hydrogens is 343 g/mol. The quantitative estimate of drug-likeness (QED) is 0.256. The first-order chi connectivity index (χ1) is 10.5. The minimum atomic E-state index is -1.07. The minimum Gasteiger partial charge on any atom is -0.458 e. The van der Waals surface area contributed by atoms with Crippen LogP contribution in [0.1, 0.15) is 34.1 Å². The molecule has 6 nitrogen and oxygen atoms in total. The predicted octanol–water partition coefficient (Wildman–Crippen LogP) is 1.79. The van der Waals surface area contributed by atoms with E-state index in [9.17, 15) is 14.4 Å². The lowest BCUT2D eigenvalue weighted by Crippen LogP contribution is -2.72. The van der Waals surface area contributed by atoms with Gasteiger partial charge in [0.15, 0.2) is 6.04 Å². The van der Waals surface area contributed by atoms with E-state index in [1.54, 1.807) is 27.7 Å². The van der Waals surface area contributed by atoms with E-state index in [1.165, 1.54) is 0 Å². The number of nitrogens with zero attached hydrogens (tertiary/aromatic N) is 1. The van der Waals surface area contributed by atoms with E-state index >= 15 is 0 Å². The maximum Gasteiger partial charge on any atom is 0.333 e. The molecule has 3 atom stereocenters. The van der Waals surface area contributed by atoms with Crippen molar-refractivity contribution in [1.82, 2.24) is 10.2 Å². The van der Waals surface area contributed by atoms with Crippen molar-refractivity contribution in [3.63, 3.8) is 0 Å². The van der Waals surface area contributed by atoms with Crippen molar-refractivity contribution in [2.45, 2.75) is 57.3 Å². The Labute approximate surface area is 146 Å². The maximum absolute atomic E-state index is 12.4. The normalized spacial score (nSPS) is 22.2. The summed E-state index contributed by atoms with van der Waals surface area (Å²) < 4.78 is 5.32. The third kappa shape index (κ3) is 4.61. The molecule has 1 fully saturated rings. The van der Waals surface area contributed by atoms with Gasteiger partial charge in [-0.15, -0.1) is 11.6 Å². The number of carbonyl (C=O) groups excluding carboxylic acids is 3. The van der Waals surface area contributed by atoms with Crippen LogP contribution in [-0.4, -0.2) is 51.7 Å². The molecule has 0 aliphatic carbocycles. The van der Waals surface area contributed by atoms with E-state index in [0.29, 0.717) is 5.57 Å². The molecule has 2 amide bonds. The van der Waals surface area contributed by atoms with Crippen LogP contribution in [0.5, 0.6) is 0 Å². The molecule has 1 saturated heterocycles. The molecule has 0 bridgehead atoms. The lowest BCUT2D eigenvalue weighted by molar-refractivity contribution is -0.170. The Morgan fingerprint density at radius 2 is 2.00 bits per heavy atom. The first kappa shape index (κ1) is 19.8. The van der Waals surface area contributed by atoms with Gasteiger partial charge in [-0.2, -0.15) is 0 Å². The van der Waals surface area contributed by atoms with Gasteiger partial charge in [-0.1, -0.05) is 25.1 Å². The van der Waals surface area contributed by atoms with Crippen LogP contribution in [0.2, 0.25) is 0 Å². The second kappa shape index (κ2) is 7.53. The maximum atomic E-state index is 12.4. The van der Waals surface area contributed by atoms with Gasteiger partial charge >= 0.3 is 5.97 Å². The smallest absolute Gasteiger partial charge is 0.333 e. The molecule has 1 rings (SSSR count). The highest BCUT2D eigenvalue weighted by Gasteiger charge is 2.53. The SMILES string of the molecule is C=C(CCl)C(C(=O)OC(C)(C)C)N1C(=O)C(NC(=O)CC)C1Cl. The number of alkyl halides is 2. The molecule has 130 valence electrons. The van der Waals surface area contributed by atoms with E-state index in [0.717, 1.165) is 4.90 Å². The van der Waals surface area contributed by atoms with Crippen molar-refractivity contribution in [3.8, 4) is 0 Å². The molecule has 0 radical (unpaired) electrons. The van der Waals surface area contributed by atoms with E-state index in [1.807, 2.05) is 0 Å². The van der Waals surface area contributed by atoms with Gasteiger partial charge in [-0.05, 0) is 26.3 Å². The fraction of sp³-hybridized carbons (Fsp3) is 0.667. The van der Waals surface area contributed by atoms with Gasteiger partial charge in [0.25, 0.3) is 5.91 Å². The van der Waals surface area contributed by atoms with Crippen LogP contribution in [0.15, 0.2) is 12.2 Å². The average molecular weight is 365 g/mol. The van der Waals surface area contributed by atoms with Crippen LogP contribution in [0.25, 0.3) is 0 Å². The summed E-state index contributed by atoms with van der Waals surface area (Å²) >= 11 is 12.0. The van der Waals surface area contributed by atoms with Crippen molar-refractivity contribution >= 4 is 41.0 Å². The molecule has 0 aromatic rings. The number of rotatable bonds is 6. The van der Waals surface area contributed by atoms with Gasteiger partial charge in [0.05, 0.1) is 0 Å². The van der Waals surface area contributed by atoms with Crippen LogP contribution in [-0.2, 0) is 19.1 Å². The summed E-state index contributed by atoms with van der Waals surface area (Å²) in [6, 6.07) is -1.94. The Hall–Kier alpha value is -1.27. The van der Waals surface area contributed by atoms with E-state index in [-0.39, 0.29) is 18.2 Å². The van der Waals surface area contributed by atoms with Crippen LogP contribution < -0.4 is 5.32 Å². The summed E-state index contributed by atoms with van der Waals surface area (Å²) in [5.74, 6) is -1.43. The van der Waals surface area contributed by atoms with Gasteiger partial charge in [-0.3, -0.25) is 9.59 Å². The fourth-order valence-corrected chi connectivity index (χ4v) is 2.59. The summed E-state index contributed by atoms with van der Waals surface area (Å²) in [5, 5.41) is 2.52. The van der Waals surface area contributed by atoms with Gasteiger partial charge in [0.1, 0.15) is 17.1 Å². The number of nitrogens with one attached hydrogen (secondary N) is 1. The fourth-order valence-electron chi connectivity index (χ4n) is 2.06. The Bertz CT molecular complexity index is 516. The summed E-state index contributed by atoms with van der Waals surface area (Å²) in [6.07, 6.45) is 0.233. The Balaban J connectivity index is 2.93. The molecule has 1 aliphatic heterocycles. The van der Waals surface area contributed by atoms with Crippen molar-refractivity contribution in [2.24, 2.45) is 0 Å². The lowest BCUT2D eigenvalue weighted by Gasteiger charge is -2.47. The first-order valence-electron chi connectivity index (χ1n) is 7.25. The lowest BCUT2D eigenvalue weighted by atomic mass is 9.99. The molecule has 1 heterocycles. The zero-order chi connectivity index (χ0) is 17.9. The van der Waals surface area contributed by atoms with Crippen LogP contribution in [0.3, 0.4) is 0 Å². The summed E-state index contributed by atoms with van der Waals surface area (Å²) in [7, 11) is 0. The van der Waals surface area contributed by atoms with E-state index < -0.39 is 35.1 Å². The van der Waals surface area contributed by atoms with Crippen LogP contribution >= 0.6 is 23.2 Å². The number of hydrogen-bond acceptors (Lipinski definition) is 4. The summed E-state index contributed by atoms with van der Waals surface area (Å²) in [4.78, 5) is 37.2. The third-order valence-corrected chi connectivity index (χ3v) is 3.97. The molecule has 0 aromatic carbocycles. The number of likely N-dealkylation sites (tertiary alicyclic amines) is 1. The van der Waals surface area contributed by atoms with Crippen molar-refractivity contribution in [2.75, 3.05) is 5.88 Å². The Morgan fingerprint density at radius 1 is 1.43 bits per heavy atom. The van der Waals surface area contributed by atoms with E-state index in [2.05, 4.69) is 11.9 Å². The average Bonchev–Trinajstić information content (AvgIpc) is 2.46.